The predicted octanol–water partition coefficient (Wildman–Crippen LogP) is 6.81. The first-order valence-electron chi connectivity index (χ1n) is 17.9. The van der Waals surface area contributed by atoms with Crippen LogP contribution < -0.4 is 9.64 Å². The highest BCUT2D eigenvalue weighted by atomic mass is 35.5. The predicted molar refractivity (Wildman–Crippen MR) is 197 cm³/mol. The van der Waals surface area contributed by atoms with Gasteiger partial charge in [0.2, 0.25) is 5.67 Å². The van der Waals surface area contributed by atoms with E-state index in [1.54, 1.807) is 31.3 Å². The quantitative estimate of drug-likeness (QED) is 0.249. The maximum Gasteiger partial charge on any atom is 0.416 e. The molecule has 3 aliphatic heterocycles. The molecule has 4 aliphatic rings. The molecule has 0 unspecified atom stereocenters. The minimum Gasteiger partial charge on any atom is -0.497 e. The Balaban J connectivity index is 0.00000314. The molecule has 6 rings (SSSR count). The first-order chi connectivity index (χ1) is 24.3. The van der Waals surface area contributed by atoms with Crippen LogP contribution in [0.2, 0.25) is 0 Å². The van der Waals surface area contributed by atoms with Crippen molar-refractivity contribution in [1.82, 2.24) is 9.80 Å². The van der Waals surface area contributed by atoms with E-state index in [2.05, 4.69) is 4.90 Å². The Labute approximate surface area is 321 Å². The van der Waals surface area contributed by atoms with Gasteiger partial charge in [-0.25, -0.2) is 4.39 Å². The summed E-state index contributed by atoms with van der Waals surface area (Å²) < 4.78 is 76.6. The molecular formula is C38H51Cl2F4N3O6. The average Bonchev–Trinajstić information content (AvgIpc) is 3.86. The van der Waals surface area contributed by atoms with E-state index in [9.17, 15) is 27.9 Å². The summed E-state index contributed by atoms with van der Waals surface area (Å²) in [6.45, 7) is 1.77. The number of hydrogen-bond acceptors (Lipinski definition) is 7. The van der Waals surface area contributed by atoms with Gasteiger partial charge in [-0.15, -0.1) is 24.8 Å². The van der Waals surface area contributed by atoms with Crippen molar-refractivity contribution in [2.45, 2.75) is 67.7 Å². The number of ether oxygens (including phenoxy) is 3. The number of aliphatic carboxylic acids is 1. The molecular weight excluding hydrogens is 741 g/mol. The lowest BCUT2D eigenvalue weighted by molar-refractivity contribution is -0.144. The highest BCUT2D eigenvalue weighted by molar-refractivity contribution is 5.88. The summed E-state index contributed by atoms with van der Waals surface area (Å²) in [6, 6.07) is 10.8. The molecule has 3 heterocycles. The summed E-state index contributed by atoms with van der Waals surface area (Å²) in [5, 5.41) is 9.53. The van der Waals surface area contributed by atoms with Gasteiger partial charge in [0.25, 0.3) is 5.91 Å². The number of anilines is 1. The standard InChI is InChI=1S/C38H49F4N3O6.2ClH/c1-49-22-27-19-44(20-31(27)30-11-8-28(38(40,41)42)18-33(30)43-16-12-26(13-17-43)34(46)47)35(48)37(39)23-45(36(24-50-2)14-4-5-15-36)21-32(37)25-6-9-29(51-3)10-7-25;;/h6-11,18,26-27,31-32H,4-5,12-17,19-24H2,1-3H3,(H,46,47);2*1H/t27-,31+,32+,37+;;/m1../s1. The summed E-state index contributed by atoms with van der Waals surface area (Å²) in [4.78, 5) is 31.8. The lowest BCUT2D eigenvalue weighted by atomic mass is 9.85. The third kappa shape index (κ3) is 8.54. The smallest absolute Gasteiger partial charge is 0.416 e. The van der Waals surface area contributed by atoms with Crippen molar-refractivity contribution in [3.63, 3.8) is 0 Å². The van der Waals surface area contributed by atoms with Crippen LogP contribution >= 0.6 is 24.8 Å². The van der Waals surface area contributed by atoms with Crippen molar-refractivity contribution in [2.75, 3.05) is 78.7 Å². The number of carbonyl (C=O) groups is 2. The Morgan fingerprint density at radius 2 is 1.58 bits per heavy atom. The molecule has 4 atom stereocenters. The second-order valence-electron chi connectivity index (χ2n) is 14.8. The lowest BCUT2D eigenvalue weighted by Gasteiger charge is -2.38. The van der Waals surface area contributed by atoms with Crippen molar-refractivity contribution >= 4 is 42.4 Å². The Kier molecular flexibility index (Phi) is 14.0. The summed E-state index contributed by atoms with van der Waals surface area (Å²) in [7, 11) is 4.74. The third-order valence-corrected chi connectivity index (χ3v) is 11.9. The highest BCUT2D eigenvalue weighted by Gasteiger charge is 2.60. The largest absolute Gasteiger partial charge is 0.497 e. The van der Waals surface area contributed by atoms with Gasteiger partial charge in [0.05, 0.1) is 31.8 Å². The van der Waals surface area contributed by atoms with E-state index in [4.69, 9.17) is 14.2 Å². The van der Waals surface area contributed by atoms with Crippen LogP contribution in [0.4, 0.5) is 23.2 Å². The molecule has 2 aromatic rings. The molecule has 53 heavy (non-hydrogen) atoms. The summed E-state index contributed by atoms with van der Waals surface area (Å²) >= 11 is 0. The number of alkyl halides is 4. The maximum atomic E-state index is 18.0. The van der Waals surface area contributed by atoms with Crippen LogP contribution in [0.25, 0.3) is 0 Å². The molecule has 4 fully saturated rings. The van der Waals surface area contributed by atoms with E-state index < -0.39 is 47.0 Å². The molecule has 0 bridgehead atoms. The summed E-state index contributed by atoms with van der Waals surface area (Å²) in [5.41, 5.74) is -1.76. The molecule has 296 valence electrons. The third-order valence-electron chi connectivity index (χ3n) is 11.9. The van der Waals surface area contributed by atoms with E-state index in [-0.39, 0.29) is 75.6 Å². The molecule has 1 aliphatic carbocycles. The zero-order valence-electron chi connectivity index (χ0n) is 30.4. The molecule has 1 saturated carbocycles. The molecule has 15 heteroatoms. The van der Waals surface area contributed by atoms with Crippen LogP contribution in [0.5, 0.6) is 5.75 Å². The SMILES string of the molecule is COC[C@H]1CN(C(=O)[C@]2(F)CN(C3(COC)CCCC3)C[C@H]2c2ccc(OC)cc2)C[C@@H]1c1ccc(C(F)(F)F)cc1N1CCC(C(=O)O)CC1.Cl.Cl. The van der Waals surface area contributed by atoms with E-state index in [1.807, 2.05) is 17.0 Å². The van der Waals surface area contributed by atoms with Gasteiger partial charge in [-0.05, 0) is 61.1 Å². The zero-order valence-corrected chi connectivity index (χ0v) is 32.0. The Morgan fingerprint density at radius 3 is 2.15 bits per heavy atom. The molecule has 0 radical (unpaired) electrons. The Morgan fingerprint density at radius 1 is 0.925 bits per heavy atom. The first-order valence-corrected chi connectivity index (χ1v) is 17.9. The summed E-state index contributed by atoms with van der Waals surface area (Å²) in [5.74, 6) is -2.98. The molecule has 0 aromatic heterocycles. The first kappa shape index (κ1) is 42.9. The van der Waals surface area contributed by atoms with Gasteiger partial charge in [0.1, 0.15) is 5.75 Å². The lowest BCUT2D eigenvalue weighted by Crippen LogP contribution is -2.53. The number of methoxy groups -OCH3 is 3. The van der Waals surface area contributed by atoms with Gasteiger partial charge in [0.15, 0.2) is 0 Å². The van der Waals surface area contributed by atoms with Crippen LogP contribution in [0.1, 0.15) is 67.1 Å². The van der Waals surface area contributed by atoms with Crippen LogP contribution in [0.15, 0.2) is 42.5 Å². The second kappa shape index (κ2) is 17.3. The highest BCUT2D eigenvalue weighted by Crippen LogP contribution is 2.49. The summed E-state index contributed by atoms with van der Waals surface area (Å²) in [6.07, 6.45) is -0.279. The van der Waals surface area contributed by atoms with Gasteiger partial charge in [-0.3, -0.25) is 14.5 Å². The van der Waals surface area contributed by atoms with E-state index in [0.29, 0.717) is 48.6 Å². The van der Waals surface area contributed by atoms with E-state index in [0.717, 1.165) is 37.8 Å². The minimum atomic E-state index is -4.58. The van der Waals surface area contributed by atoms with Crippen molar-refractivity contribution in [3.8, 4) is 5.75 Å². The molecule has 9 nitrogen and oxygen atoms in total. The fourth-order valence-corrected chi connectivity index (χ4v) is 9.17. The minimum absolute atomic E-state index is 0. The van der Waals surface area contributed by atoms with Crippen molar-refractivity contribution in [3.05, 3.63) is 59.2 Å². The zero-order chi connectivity index (χ0) is 36.6. The molecule has 1 amide bonds. The molecule has 1 N–H and O–H groups in total. The van der Waals surface area contributed by atoms with Crippen LogP contribution in [-0.4, -0.2) is 112 Å². The fourth-order valence-electron chi connectivity index (χ4n) is 9.17. The van der Waals surface area contributed by atoms with Gasteiger partial charge in [-0.2, -0.15) is 13.2 Å². The van der Waals surface area contributed by atoms with Gasteiger partial charge >= 0.3 is 12.1 Å². The molecule has 0 spiro atoms. The number of likely N-dealkylation sites (tertiary alicyclic amines) is 2. The Bertz CT molecular complexity index is 1560. The number of benzene rings is 2. The average molecular weight is 793 g/mol. The van der Waals surface area contributed by atoms with Gasteiger partial charge in [-0.1, -0.05) is 31.0 Å². The monoisotopic (exact) mass is 791 g/mol. The Hall–Kier alpha value is -2.84. The molecule has 3 saturated heterocycles. The van der Waals surface area contributed by atoms with E-state index in [1.165, 1.54) is 13.2 Å². The van der Waals surface area contributed by atoms with Crippen molar-refractivity contribution in [1.29, 1.82) is 0 Å². The number of carboxylic acid groups (broad SMARTS) is 1. The number of carbonyl (C=O) groups excluding carboxylic acids is 1. The van der Waals surface area contributed by atoms with E-state index >= 15 is 4.39 Å². The molecule has 2 aromatic carbocycles. The number of carboxylic acids is 1. The normalized spacial score (nSPS) is 26.3. The second-order valence-corrected chi connectivity index (χ2v) is 14.8. The van der Waals surface area contributed by atoms with Crippen LogP contribution in [0, 0.1) is 11.8 Å². The number of rotatable bonds is 11. The topological polar surface area (TPSA) is 91.8 Å². The van der Waals surface area contributed by atoms with Gasteiger partial charge in [0, 0.05) is 82.5 Å². The fraction of sp³-hybridized carbons (Fsp3) is 0.632. The number of hydrogen-bond donors (Lipinski definition) is 1. The number of amides is 1. The van der Waals surface area contributed by atoms with Crippen LogP contribution in [-0.2, 0) is 25.2 Å². The van der Waals surface area contributed by atoms with Crippen molar-refractivity contribution in [2.24, 2.45) is 11.8 Å². The number of piperidine rings is 1. The van der Waals surface area contributed by atoms with Crippen molar-refractivity contribution < 1.29 is 46.5 Å². The van der Waals surface area contributed by atoms with Crippen LogP contribution in [0.3, 0.4) is 0 Å². The number of nitrogens with zero attached hydrogens (tertiary/aromatic N) is 3. The van der Waals surface area contributed by atoms with Gasteiger partial charge < -0.3 is 29.1 Å². The maximum absolute atomic E-state index is 18.0. The number of halogens is 6.